The topological polar surface area (TPSA) is 0 Å². The van der Waals surface area contributed by atoms with Gasteiger partial charge in [-0.25, -0.2) is 0 Å². The molecule has 0 N–H and O–H groups in total. The van der Waals surface area contributed by atoms with Crippen LogP contribution in [0, 0.1) is 0 Å². The molecule has 0 spiro atoms. The van der Waals surface area contributed by atoms with Crippen LogP contribution >= 0.6 is 28.9 Å². The van der Waals surface area contributed by atoms with Gasteiger partial charge in [0.05, 0.1) is 52.0 Å². The molecule has 0 aliphatic rings. The lowest BCUT2D eigenvalue weighted by Gasteiger charge is -2.39. The van der Waals surface area contributed by atoms with Crippen molar-refractivity contribution in [2.75, 3.05) is 45.8 Å². The summed E-state index contributed by atoms with van der Waals surface area (Å²) in [5.41, 5.74) is 5.32. The van der Waals surface area contributed by atoms with E-state index in [9.17, 15) is 0 Å². The summed E-state index contributed by atoms with van der Waals surface area (Å²) in [4.78, 5) is 0. The molecule has 0 aromatic heterocycles. The molecule has 8 heteroatoms. The van der Waals surface area contributed by atoms with Gasteiger partial charge in [-0.05, 0) is 125 Å². The summed E-state index contributed by atoms with van der Waals surface area (Å²) < 4.78 is 2.73. The first-order chi connectivity index (χ1) is 38.6. The summed E-state index contributed by atoms with van der Waals surface area (Å²) in [6, 6.07) is 55.1. The Morgan fingerprint density at radius 2 is 0.639 bits per heavy atom. The summed E-state index contributed by atoms with van der Waals surface area (Å²) in [7, 11) is 1.23. The van der Waals surface area contributed by atoms with Gasteiger partial charge in [0.15, 0.2) is 0 Å². The number of nitrogens with zero attached hydrogens (tertiary/aromatic N) is 2. The Balaban J connectivity index is -0.00000103. The highest BCUT2D eigenvalue weighted by atomic mass is 79.9. The Kier molecular flexibility index (Phi) is 56.7. The fourth-order valence-electron chi connectivity index (χ4n) is 11.2. The summed E-state index contributed by atoms with van der Waals surface area (Å²) in [6.45, 7) is 34.1. The van der Waals surface area contributed by atoms with Crippen LogP contribution in [0.2, 0.25) is 0 Å². The summed E-state index contributed by atoms with van der Waals surface area (Å²) in [5.74, 6) is 0. The van der Waals surface area contributed by atoms with Crippen LogP contribution in [0.1, 0.15) is 228 Å². The van der Waals surface area contributed by atoms with E-state index in [2.05, 4.69) is 236 Å². The van der Waals surface area contributed by atoms with Crippen LogP contribution in [-0.2, 0) is 12.7 Å². The fraction of sp³-hybridized carbons (Fsp3) is 0.573. The zero-order chi connectivity index (χ0) is 57.6. The number of quaternary nitrogens is 2. The lowest BCUT2D eigenvalue weighted by atomic mass is 10.0. The van der Waals surface area contributed by atoms with Crippen molar-refractivity contribution in [3.8, 4) is 0 Å². The highest BCUT2D eigenvalue weighted by Gasteiger charge is 2.45. The Labute approximate surface area is 547 Å². The highest BCUT2D eigenvalue weighted by molar-refractivity contribution is 7.95. The number of unbranched alkanes of at least 4 members (excludes halogenated alkanes) is 10. The molecule has 0 radical (unpaired) electrons. The van der Waals surface area contributed by atoms with Crippen molar-refractivity contribution in [2.24, 2.45) is 0 Å². The van der Waals surface area contributed by atoms with Crippen molar-refractivity contribution >= 4 is 44.8 Å². The van der Waals surface area contributed by atoms with Gasteiger partial charge in [-0.1, -0.05) is 267 Å². The van der Waals surface area contributed by atoms with Crippen LogP contribution in [0.25, 0.3) is 0 Å². The first-order valence-corrected chi connectivity index (χ1v) is 35.6. The smallest absolute Gasteiger partial charge is 0.116 e. The Bertz CT molecular complexity index is 1980. The fourth-order valence-corrected chi connectivity index (χ4v) is 16.0. The molecule has 0 amide bonds. The molecule has 2 unspecified atom stereocenters. The second-order valence-corrected chi connectivity index (χ2v) is 27.5. The van der Waals surface area contributed by atoms with Crippen LogP contribution in [0.4, 0.5) is 0 Å². The normalized spacial score (nSPS) is 11.2. The molecule has 5 rings (SSSR count). The zero-order valence-corrected chi connectivity index (χ0v) is 60.6. The van der Waals surface area contributed by atoms with E-state index in [1.165, 1.54) is 236 Å². The number of benzene rings is 5. The van der Waals surface area contributed by atoms with Gasteiger partial charge in [-0.3, -0.25) is 0 Å². The van der Waals surface area contributed by atoms with Crippen molar-refractivity contribution in [3.05, 3.63) is 174 Å². The summed E-state index contributed by atoms with van der Waals surface area (Å²) in [5, 5.41) is 4.30. The molecule has 5 aromatic carbocycles. The van der Waals surface area contributed by atoms with Gasteiger partial charge in [-0.2, -0.15) is 0 Å². The molecule has 0 aliphatic carbocycles. The van der Waals surface area contributed by atoms with E-state index in [0.29, 0.717) is 5.66 Å². The van der Waals surface area contributed by atoms with E-state index >= 15 is 0 Å². The Morgan fingerprint density at radius 3 is 0.928 bits per heavy atom. The summed E-state index contributed by atoms with van der Waals surface area (Å²) in [6.07, 6.45) is 34.7. The maximum atomic E-state index is 3.01. The number of halogens is 4. The van der Waals surface area contributed by atoms with Gasteiger partial charge in [0.1, 0.15) is 29.7 Å². The SMILES string of the molecule is CCCCC(=CC(P)CCCC)CCCC.CCCC[N+](CCCC)(CCCC)CCCC.CCCC[N+](CCCC)(CCCC)Cc1ccccc1.Cl.[Br-].[Cl-].[Cl-].c1ccc(C[P+](c2ccccc2)(c2ccccc2)c2ccccc2)cc1. The molecule has 83 heavy (non-hydrogen) atoms. The summed E-state index contributed by atoms with van der Waals surface area (Å²) >= 11 is 0. The number of hydrogen-bond acceptors (Lipinski definition) is 0. The lowest BCUT2D eigenvalue weighted by molar-refractivity contribution is -0.941. The number of hydrogen-bond donors (Lipinski definition) is 0. The minimum Gasteiger partial charge on any atom is -1.00 e. The molecule has 5 aromatic rings. The van der Waals surface area contributed by atoms with E-state index in [0.717, 1.165) is 6.16 Å². The van der Waals surface area contributed by atoms with Crippen molar-refractivity contribution < 1.29 is 50.8 Å². The van der Waals surface area contributed by atoms with E-state index in [-0.39, 0.29) is 54.2 Å². The monoisotopic (exact) mass is 1300 g/mol. The van der Waals surface area contributed by atoms with Gasteiger partial charge in [-0.15, -0.1) is 21.6 Å². The average molecular weight is 1300 g/mol. The quantitative estimate of drug-likeness (QED) is 0.0210. The Morgan fingerprint density at radius 1 is 0.373 bits per heavy atom. The molecule has 0 saturated carbocycles. The second-order valence-electron chi connectivity index (χ2n) is 23.2. The lowest BCUT2D eigenvalue weighted by Crippen LogP contribution is -3.00. The van der Waals surface area contributed by atoms with Crippen LogP contribution in [0.5, 0.6) is 0 Å². The highest BCUT2D eigenvalue weighted by Crippen LogP contribution is 2.58. The molecule has 2 nitrogen and oxygen atoms in total. The van der Waals surface area contributed by atoms with E-state index in [1.807, 2.05) is 0 Å². The van der Waals surface area contributed by atoms with E-state index in [4.69, 9.17) is 0 Å². The van der Waals surface area contributed by atoms with Crippen LogP contribution < -0.4 is 57.7 Å². The molecule has 0 saturated heterocycles. The van der Waals surface area contributed by atoms with E-state index < -0.39 is 7.26 Å². The Hall–Kier alpha value is -2.03. The minimum atomic E-state index is -1.78. The van der Waals surface area contributed by atoms with Crippen LogP contribution in [0.3, 0.4) is 0 Å². The van der Waals surface area contributed by atoms with Crippen molar-refractivity contribution in [1.82, 2.24) is 0 Å². The average Bonchev–Trinajstić information content (AvgIpc) is 3.24. The van der Waals surface area contributed by atoms with E-state index in [1.54, 1.807) is 5.57 Å². The van der Waals surface area contributed by atoms with Crippen molar-refractivity contribution in [1.29, 1.82) is 0 Å². The first-order valence-electron chi connectivity index (χ1n) is 32.9. The maximum Gasteiger partial charge on any atom is 0.116 e. The van der Waals surface area contributed by atoms with Crippen LogP contribution in [-0.4, -0.2) is 60.4 Å². The first kappa shape index (κ1) is 85.2. The molecule has 472 valence electrons. The maximum absolute atomic E-state index is 3.01. The molecule has 0 heterocycles. The van der Waals surface area contributed by atoms with Gasteiger partial charge in [0.2, 0.25) is 0 Å². The minimum absolute atomic E-state index is 0. The molecular formula is C75H124BrCl3N2P2. The molecular weight excluding hydrogens is 1180 g/mol. The van der Waals surface area contributed by atoms with Gasteiger partial charge < -0.3 is 50.8 Å². The molecule has 0 bridgehead atoms. The number of allylic oxidation sites excluding steroid dienone is 2. The van der Waals surface area contributed by atoms with Crippen LogP contribution in [0.15, 0.2) is 163 Å². The van der Waals surface area contributed by atoms with Crippen molar-refractivity contribution in [3.63, 3.8) is 0 Å². The third-order valence-corrected chi connectivity index (χ3v) is 21.1. The van der Waals surface area contributed by atoms with Crippen molar-refractivity contribution in [2.45, 2.75) is 235 Å². The van der Waals surface area contributed by atoms with Gasteiger partial charge in [0.25, 0.3) is 0 Å². The standard InChI is InChI=1S/C25H22P.C19H34N.C16H36N.C15H31P.BrH.3ClH/c1-5-13-22(14-6-1)21-26(23-15-7-2-8-16-23,24-17-9-3-10-18-24)25-19-11-4-12-20-25;1-4-7-15-20(16-8-5-2,17-9-6-3)18-19-13-11-10-12-14-19;1-5-9-13-17(14-10-6-2,15-11-7-3)16-12-8-4;1-4-7-10-14(11-8-5-2)13-15(16)12-9-6-3;;;;/h1-20H,21H2;10-14H,4-9,15-18H2,1-3H3;5-16H2,1-4H3;13,15H,4-12,16H2,1-3H3;4*1H/q3*+1;;;;;/p-3. The zero-order valence-electron chi connectivity index (χ0n) is 54.7. The third-order valence-electron chi connectivity index (χ3n) is 16.2. The third kappa shape index (κ3) is 35.5. The molecule has 0 fully saturated rings. The predicted molar refractivity (Wildman–Crippen MR) is 372 cm³/mol. The second kappa shape index (κ2) is 55.3. The molecule has 2 atom stereocenters. The number of rotatable bonds is 38. The predicted octanol–water partition coefficient (Wildman–Crippen LogP) is 12.7. The molecule has 0 aliphatic heterocycles. The van der Waals surface area contributed by atoms with Gasteiger partial charge >= 0.3 is 0 Å². The van der Waals surface area contributed by atoms with Gasteiger partial charge in [0, 0.05) is 5.56 Å². The largest absolute Gasteiger partial charge is 1.00 e.